The van der Waals surface area contributed by atoms with Gasteiger partial charge in [-0.05, 0) is 32.0 Å². The normalized spacial score (nSPS) is 12.2. The third kappa shape index (κ3) is 6.69. The number of hydrogen-bond acceptors (Lipinski definition) is 3. The molecule has 0 radical (unpaired) electrons. The zero-order valence-corrected chi connectivity index (χ0v) is 13.9. The van der Waals surface area contributed by atoms with Crippen LogP contribution in [0, 0.1) is 0 Å². The van der Waals surface area contributed by atoms with Crippen LogP contribution < -0.4 is 11.1 Å². The largest absolute Gasteiger partial charge is 0.389 e. The molecule has 0 bridgehead atoms. The van der Waals surface area contributed by atoms with Crippen LogP contribution in [0.4, 0.5) is 0 Å². The topological polar surface area (TPSA) is 58.4 Å². The van der Waals surface area contributed by atoms with Crippen molar-refractivity contribution in [3.8, 4) is 0 Å². The number of nitrogens with zero attached hydrogens (tertiary/aromatic N) is 1. The molecule has 116 valence electrons. The van der Waals surface area contributed by atoms with Crippen LogP contribution in [0.15, 0.2) is 24.3 Å². The van der Waals surface area contributed by atoms with Crippen molar-refractivity contribution in [1.29, 1.82) is 0 Å². The van der Waals surface area contributed by atoms with Gasteiger partial charge in [-0.25, -0.2) is 0 Å². The standard InChI is InChI=1S/C16H25N3OS/c1-4-6-12(2)18-15(20)11-19(3)10-13-7-5-8-14(9-13)16(17)21/h5,7-9,12H,4,6,10-11H2,1-3H3,(H2,17,21)(H,18,20). The molecule has 5 heteroatoms. The Morgan fingerprint density at radius 3 is 2.81 bits per heavy atom. The average molecular weight is 307 g/mol. The minimum absolute atomic E-state index is 0.0592. The number of carbonyl (C=O) groups excluding carboxylic acids is 1. The molecule has 0 heterocycles. The highest BCUT2D eigenvalue weighted by Crippen LogP contribution is 2.07. The van der Waals surface area contributed by atoms with E-state index in [2.05, 4.69) is 12.2 Å². The quantitative estimate of drug-likeness (QED) is 0.722. The SMILES string of the molecule is CCCC(C)NC(=O)CN(C)Cc1cccc(C(N)=S)c1. The highest BCUT2D eigenvalue weighted by atomic mass is 32.1. The Morgan fingerprint density at radius 2 is 2.19 bits per heavy atom. The van der Waals surface area contributed by atoms with Crippen molar-refractivity contribution in [3.63, 3.8) is 0 Å². The van der Waals surface area contributed by atoms with Crippen molar-refractivity contribution in [2.75, 3.05) is 13.6 Å². The molecular weight excluding hydrogens is 282 g/mol. The van der Waals surface area contributed by atoms with Gasteiger partial charge in [0.1, 0.15) is 4.99 Å². The molecule has 1 atom stereocenters. The van der Waals surface area contributed by atoms with Gasteiger partial charge in [0.25, 0.3) is 0 Å². The van der Waals surface area contributed by atoms with Gasteiger partial charge in [0.05, 0.1) is 6.54 Å². The smallest absolute Gasteiger partial charge is 0.234 e. The van der Waals surface area contributed by atoms with Crippen LogP contribution in [-0.4, -0.2) is 35.4 Å². The minimum Gasteiger partial charge on any atom is -0.389 e. The fourth-order valence-electron chi connectivity index (χ4n) is 2.26. The first kappa shape index (κ1) is 17.6. The second-order valence-electron chi connectivity index (χ2n) is 5.49. The Kier molecular flexibility index (Phi) is 7.32. The van der Waals surface area contributed by atoms with Crippen LogP contribution in [-0.2, 0) is 11.3 Å². The van der Waals surface area contributed by atoms with Crippen LogP contribution in [0.2, 0.25) is 0 Å². The van der Waals surface area contributed by atoms with Crippen LogP contribution in [0.5, 0.6) is 0 Å². The van der Waals surface area contributed by atoms with Crippen molar-refractivity contribution in [1.82, 2.24) is 10.2 Å². The summed E-state index contributed by atoms with van der Waals surface area (Å²) in [6.07, 6.45) is 2.08. The number of hydrogen-bond donors (Lipinski definition) is 2. The third-order valence-electron chi connectivity index (χ3n) is 3.21. The number of rotatable bonds is 8. The van der Waals surface area contributed by atoms with E-state index < -0.39 is 0 Å². The Bertz CT molecular complexity index is 490. The molecule has 0 saturated heterocycles. The molecule has 1 amide bonds. The molecule has 3 N–H and O–H groups in total. The lowest BCUT2D eigenvalue weighted by molar-refractivity contribution is -0.122. The van der Waals surface area contributed by atoms with E-state index in [1.54, 1.807) is 0 Å². The summed E-state index contributed by atoms with van der Waals surface area (Å²) in [5.74, 6) is 0.0592. The number of benzene rings is 1. The number of likely N-dealkylation sites (N-methyl/N-ethyl adjacent to an activating group) is 1. The molecule has 1 rings (SSSR count). The molecular formula is C16H25N3OS. The molecule has 0 saturated carbocycles. The molecule has 1 unspecified atom stereocenters. The Labute approximate surface area is 132 Å². The highest BCUT2D eigenvalue weighted by Gasteiger charge is 2.10. The van der Waals surface area contributed by atoms with Gasteiger partial charge in [0.2, 0.25) is 5.91 Å². The van der Waals surface area contributed by atoms with E-state index in [9.17, 15) is 4.79 Å². The number of carbonyl (C=O) groups is 1. The van der Waals surface area contributed by atoms with Gasteiger partial charge in [-0.1, -0.05) is 43.8 Å². The molecule has 0 spiro atoms. The van der Waals surface area contributed by atoms with Gasteiger partial charge in [0.15, 0.2) is 0 Å². The van der Waals surface area contributed by atoms with Crippen molar-refractivity contribution in [2.24, 2.45) is 5.73 Å². The van der Waals surface area contributed by atoms with Crippen molar-refractivity contribution in [3.05, 3.63) is 35.4 Å². The van der Waals surface area contributed by atoms with Crippen LogP contribution in [0.1, 0.15) is 37.8 Å². The van der Waals surface area contributed by atoms with Crippen LogP contribution in [0.25, 0.3) is 0 Å². The van der Waals surface area contributed by atoms with E-state index in [-0.39, 0.29) is 11.9 Å². The van der Waals surface area contributed by atoms with Gasteiger partial charge >= 0.3 is 0 Å². The summed E-state index contributed by atoms with van der Waals surface area (Å²) in [6.45, 7) is 5.22. The van der Waals surface area contributed by atoms with Crippen molar-refractivity contribution >= 4 is 23.1 Å². The maximum Gasteiger partial charge on any atom is 0.234 e. The number of nitrogens with one attached hydrogen (secondary N) is 1. The van der Waals surface area contributed by atoms with E-state index in [4.69, 9.17) is 18.0 Å². The molecule has 4 nitrogen and oxygen atoms in total. The minimum atomic E-state index is 0.0592. The summed E-state index contributed by atoms with van der Waals surface area (Å²) in [5.41, 5.74) is 7.58. The maximum atomic E-state index is 11.9. The summed E-state index contributed by atoms with van der Waals surface area (Å²) < 4.78 is 0. The monoisotopic (exact) mass is 307 g/mol. The van der Waals surface area contributed by atoms with Gasteiger partial charge in [-0.3, -0.25) is 9.69 Å². The molecule has 1 aromatic carbocycles. The second kappa shape index (κ2) is 8.74. The van der Waals surface area contributed by atoms with Crippen molar-refractivity contribution in [2.45, 2.75) is 39.3 Å². The predicted octanol–water partition coefficient (Wildman–Crippen LogP) is 2.06. The Morgan fingerprint density at radius 1 is 1.48 bits per heavy atom. The summed E-state index contributed by atoms with van der Waals surface area (Å²) in [6, 6.07) is 8.03. The molecule has 0 aliphatic rings. The number of nitrogens with two attached hydrogens (primary N) is 1. The first-order valence-corrected chi connectivity index (χ1v) is 7.69. The molecule has 0 aliphatic heterocycles. The first-order chi connectivity index (χ1) is 9.92. The first-order valence-electron chi connectivity index (χ1n) is 7.29. The van der Waals surface area contributed by atoms with Gasteiger partial charge in [-0.15, -0.1) is 0 Å². The van der Waals surface area contributed by atoms with Gasteiger partial charge in [0, 0.05) is 18.2 Å². The lowest BCUT2D eigenvalue weighted by Gasteiger charge is -2.19. The molecule has 0 aliphatic carbocycles. The van der Waals surface area contributed by atoms with E-state index in [1.165, 1.54) is 0 Å². The summed E-state index contributed by atoms with van der Waals surface area (Å²) >= 11 is 4.98. The van der Waals surface area contributed by atoms with Crippen LogP contribution in [0.3, 0.4) is 0 Å². The fourth-order valence-corrected chi connectivity index (χ4v) is 2.39. The number of thiocarbonyl (C=S) groups is 1. The van der Waals surface area contributed by atoms with E-state index in [1.807, 2.05) is 43.1 Å². The Balaban J connectivity index is 2.49. The zero-order valence-electron chi connectivity index (χ0n) is 13.1. The maximum absolute atomic E-state index is 11.9. The van der Waals surface area contributed by atoms with E-state index >= 15 is 0 Å². The Hall–Kier alpha value is -1.46. The average Bonchev–Trinajstić information content (AvgIpc) is 2.38. The van der Waals surface area contributed by atoms with E-state index in [0.717, 1.165) is 24.0 Å². The molecule has 1 aromatic rings. The second-order valence-corrected chi connectivity index (χ2v) is 5.93. The highest BCUT2D eigenvalue weighted by molar-refractivity contribution is 7.80. The van der Waals surface area contributed by atoms with Crippen LogP contribution >= 0.6 is 12.2 Å². The lowest BCUT2D eigenvalue weighted by Crippen LogP contribution is -2.39. The molecule has 0 fully saturated rings. The number of amides is 1. The predicted molar refractivity (Wildman–Crippen MR) is 91.2 cm³/mol. The summed E-state index contributed by atoms with van der Waals surface area (Å²) in [5, 5.41) is 3.01. The van der Waals surface area contributed by atoms with Crippen molar-refractivity contribution < 1.29 is 4.79 Å². The van der Waals surface area contributed by atoms with E-state index in [0.29, 0.717) is 18.1 Å². The van der Waals surface area contributed by atoms with Gasteiger partial charge in [-0.2, -0.15) is 0 Å². The summed E-state index contributed by atoms with van der Waals surface area (Å²) in [4.78, 5) is 14.3. The molecule has 0 aromatic heterocycles. The third-order valence-corrected chi connectivity index (χ3v) is 3.44. The zero-order chi connectivity index (χ0) is 15.8. The lowest BCUT2D eigenvalue weighted by atomic mass is 10.1. The molecule has 21 heavy (non-hydrogen) atoms. The van der Waals surface area contributed by atoms with Gasteiger partial charge < -0.3 is 11.1 Å². The summed E-state index contributed by atoms with van der Waals surface area (Å²) in [7, 11) is 1.93. The fraction of sp³-hybridized carbons (Fsp3) is 0.500.